The molecule has 176 valence electrons. The molecule has 0 spiro atoms. The van der Waals surface area contributed by atoms with Gasteiger partial charge in [0.25, 0.3) is 0 Å². The van der Waals surface area contributed by atoms with Gasteiger partial charge in [0.05, 0.1) is 23.9 Å². The molecular formula is C29H29N5O. The van der Waals surface area contributed by atoms with E-state index in [4.69, 9.17) is 10.00 Å². The molecule has 1 aliphatic heterocycles. The van der Waals surface area contributed by atoms with E-state index in [9.17, 15) is 0 Å². The highest BCUT2D eigenvalue weighted by molar-refractivity contribution is 5.70. The zero-order chi connectivity index (χ0) is 24.2. The number of fused-ring (bicyclic) bond motifs is 1. The van der Waals surface area contributed by atoms with Crippen molar-refractivity contribution in [3.05, 3.63) is 95.4 Å². The van der Waals surface area contributed by atoms with Crippen LogP contribution in [0, 0.1) is 25.2 Å². The number of hydrogen-bond acceptors (Lipinski definition) is 5. The average Bonchev–Trinajstić information content (AvgIpc) is 3.24. The minimum atomic E-state index is 0.0224. The van der Waals surface area contributed by atoms with Crippen molar-refractivity contribution >= 4 is 5.69 Å². The summed E-state index contributed by atoms with van der Waals surface area (Å²) in [7, 11) is 0. The first-order chi connectivity index (χ1) is 17.1. The maximum absolute atomic E-state index is 8.90. The van der Waals surface area contributed by atoms with Crippen LogP contribution in [0.25, 0.3) is 16.8 Å². The fourth-order valence-corrected chi connectivity index (χ4v) is 4.49. The molecule has 1 aliphatic rings. The number of anilines is 1. The van der Waals surface area contributed by atoms with Gasteiger partial charge in [-0.2, -0.15) is 5.26 Å². The fraction of sp³-hybridized carbons (Fsp3) is 0.241. The van der Waals surface area contributed by atoms with E-state index in [2.05, 4.69) is 82.6 Å². The first-order valence-corrected chi connectivity index (χ1v) is 12.0. The molecule has 5 rings (SSSR count). The lowest BCUT2D eigenvalue weighted by molar-refractivity contribution is 0.194. The van der Waals surface area contributed by atoms with Crippen LogP contribution in [0.1, 0.15) is 22.5 Å². The zero-order valence-electron chi connectivity index (χ0n) is 20.1. The molecule has 3 heterocycles. The van der Waals surface area contributed by atoms with E-state index < -0.39 is 0 Å². The van der Waals surface area contributed by atoms with Crippen molar-refractivity contribution in [2.75, 3.05) is 25.0 Å². The molecule has 0 aliphatic carbocycles. The third-order valence-electron chi connectivity index (χ3n) is 6.43. The molecule has 4 aromatic rings. The van der Waals surface area contributed by atoms with Crippen molar-refractivity contribution in [1.82, 2.24) is 14.9 Å². The third-order valence-corrected chi connectivity index (χ3v) is 6.43. The van der Waals surface area contributed by atoms with Gasteiger partial charge in [-0.05, 0) is 80.4 Å². The molecule has 0 radical (unpaired) electrons. The van der Waals surface area contributed by atoms with Crippen molar-refractivity contribution < 1.29 is 4.74 Å². The number of nitriles is 1. The Kier molecular flexibility index (Phi) is 6.51. The summed E-state index contributed by atoms with van der Waals surface area (Å²) in [6.45, 7) is 6.57. The second-order valence-corrected chi connectivity index (χ2v) is 8.96. The second-order valence-electron chi connectivity index (χ2n) is 8.96. The van der Waals surface area contributed by atoms with Crippen molar-refractivity contribution in [1.29, 1.82) is 5.26 Å². The van der Waals surface area contributed by atoms with Crippen LogP contribution in [-0.2, 0) is 6.42 Å². The van der Waals surface area contributed by atoms with Crippen molar-refractivity contribution in [3.63, 3.8) is 0 Å². The van der Waals surface area contributed by atoms with Gasteiger partial charge in [0.1, 0.15) is 6.10 Å². The van der Waals surface area contributed by atoms with E-state index in [-0.39, 0.29) is 6.10 Å². The largest absolute Gasteiger partial charge is 0.470 e. The van der Waals surface area contributed by atoms with Gasteiger partial charge < -0.3 is 19.9 Å². The number of ether oxygens (including phenoxy) is 1. The molecule has 6 heteroatoms. The lowest BCUT2D eigenvalue weighted by Gasteiger charge is -2.27. The third kappa shape index (κ3) is 5.06. The lowest BCUT2D eigenvalue weighted by Crippen LogP contribution is -2.40. The quantitative estimate of drug-likeness (QED) is 0.376. The maximum Gasteiger partial charge on any atom is 0.237 e. The number of pyridine rings is 1. The molecule has 1 atom stereocenters. The zero-order valence-corrected chi connectivity index (χ0v) is 20.1. The highest BCUT2D eigenvalue weighted by Crippen LogP contribution is 2.31. The first kappa shape index (κ1) is 22.7. The first-order valence-electron chi connectivity index (χ1n) is 12.0. The van der Waals surface area contributed by atoms with Crippen LogP contribution >= 0.6 is 0 Å². The second kappa shape index (κ2) is 10.0. The summed E-state index contributed by atoms with van der Waals surface area (Å²) in [6.07, 6.45) is 2.81. The van der Waals surface area contributed by atoms with Crippen LogP contribution in [0.4, 0.5) is 5.69 Å². The molecular weight excluding hydrogens is 434 g/mol. The van der Waals surface area contributed by atoms with Gasteiger partial charge in [-0.3, -0.25) is 0 Å². The molecule has 2 aromatic carbocycles. The summed E-state index contributed by atoms with van der Waals surface area (Å²) in [5, 5.41) is 15.8. The predicted molar refractivity (Wildman–Crippen MR) is 139 cm³/mol. The number of aryl methyl sites for hydroxylation is 2. The fourth-order valence-electron chi connectivity index (χ4n) is 4.49. The molecule has 0 saturated carbocycles. The average molecular weight is 464 g/mol. The summed E-state index contributed by atoms with van der Waals surface area (Å²) in [6, 6.07) is 24.9. The molecule has 35 heavy (non-hydrogen) atoms. The minimum Gasteiger partial charge on any atom is -0.470 e. The standard InChI is InChI=1S/C29H29N5O/c1-20-3-4-21(2)34(20)26-11-9-24(10-12-26)25-15-28-29(33-17-25)35-27(19-32-28)18-31-14-13-22-5-7-23(16-30)8-6-22/h3-12,15,17,27,31-32H,13-14,18-19H2,1-2H3/t27-/m1/s1. The van der Waals surface area contributed by atoms with E-state index in [1.807, 2.05) is 30.5 Å². The smallest absolute Gasteiger partial charge is 0.237 e. The predicted octanol–water partition coefficient (Wildman–Crippen LogP) is 5.03. The van der Waals surface area contributed by atoms with Crippen LogP contribution in [0.3, 0.4) is 0 Å². The van der Waals surface area contributed by atoms with Crippen LogP contribution in [-0.4, -0.2) is 35.3 Å². The lowest BCUT2D eigenvalue weighted by atomic mass is 10.1. The van der Waals surface area contributed by atoms with Gasteiger partial charge in [0, 0.05) is 35.4 Å². The van der Waals surface area contributed by atoms with Gasteiger partial charge in [0.2, 0.25) is 5.88 Å². The maximum atomic E-state index is 8.90. The highest BCUT2D eigenvalue weighted by atomic mass is 16.5. The van der Waals surface area contributed by atoms with Gasteiger partial charge >= 0.3 is 0 Å². The van der Waals surface area contributed by atoms with Crippen LogP contribution in [0.5, 0.6) is 5.88 Å². The summed E-state index contributed by atoms with van der Waals surface area (Å²) < 4.78 is 8.38. The van der Waals surface area contributed by atoms with Gasteiger partial charge in [-0.25, -0.2) is 4.98 Å². The molecule has 0 saturated heterocycles. The van der Waals surface area contributed by atoms with Gasteiger partial charge in [0.15, 0.2) is 0 Å². The normalized spacial score (nSPS) is 14.5. The number of benzene rings is 2. The number of rotatable bonds is 7. The number of aromatic nitrogens is 2. The Morgan fingerprint density at radius 1 is 1.03 bits per heavy atom. The number of nitrogens with one attached hydrogen (secondary N) is 2. The van der Waals surface area contributed by atoms with Crippen LogP contribution in [0.15, 0.2) is 72.9 Å². The summed E-state index contributed by atoms with van der Waals surface area (Å²) in [5.74, 6) is 0.647. The summed E-state index contributed by atoms with van der Waals surface area (Å²) in [4.78, 5) is 4.59. The Balaban J connectivity index is 1.16. The summed E-state index contributed by atoms with van der Waals surface area (Å²) >= 11 is 0. The Labute approximate surface area is 206 Å². The van der Waals surface area contributed by atoms with E-state index in [1.165, 1.54) is 17.0 Å². The molecule has 2 aromatic heterocycles. The Morgan fingerprint density at radius 3 is 2.49 bits per heavy atom. The van der Waals surface area contributed by atoms with Crippen LogP contribution < -0.4 is 15.4 Å². The highest BCUT2D eigenvalue weighted by Gasteiger charge is 2.20. The van der Waals surface area contributed by atoms with Crippen LogP contribution in [0.2, 0.25) is 0 Å². The Morgan fingerprint density at radius 2 is 1.77 bits per heavy atom. The SMILES string of the molecule is Cc1ccc(C)n1-c1ccc(-c2cnc3c(c2)NC[C@@H](CNCCc2ccc(C#N)cc2)O3)cc1. The molecule has 2 N–H and O–H groups in total. The van der Waals surface area contributed by atoms with E-state index in [0.717, 1.165) is 48.6 Å². The molecule has 6 nitrogen and oxygen atoms in total. The summed E-state index contributed by atoms with van der Waals surface area (Å²) in [5.41, 5.74) is 8.64. The van der Waals surface area contributed by atoms with E-state index in [0.29, 0.717) is 11.4 Å². The van der Waals surface area contributed by atoms with Crippen molar-refractivity contribution in [2.24, 2.45) is 0 Å². The van der Waals surface area contributed by atoms with Crippen molar-refractivity contribution in [3.8, 4) is 28.8 Å². The van der Waals surface area contributed by atoms with Gasteiger partial charge in [-0.15, -0.1) is 0 Å². The molecule has 0 amide bonds. The molecule has 0 fully saturated rings. The molecule has 0 bridgehead atoms. The number of nitrogens with zero attached hydrogens (tertiary/aromatic N) is 3. The Bertz CT molecular complexity index is 1330. The Hall–Kier alpha value is -4.08. The topological polar surface area (TPSA) is 74.9 Å². The number of hydrogen-bond donors (Lipinski definition) is 2. The van der Waals surface area contributed by atoms with E-state index >= 15 is 0 Å². The minimum absolute atomic E-state index is 0.0224. The van der Waals surface area contributed by atoms with Gasteiger partial charge in [-0.1, -0.05) is 24.3 Å². The molecule has 0 unspecified atom stereocenters. The van der Waals surface area contributed by atoms with E-state index in [1.54, 1.807) is 0 Å². The monoisotopic (exact) mass is 463 g/mol. The van der Waals surface area contributed by atoms with Crippen molar-refractivity contribution in [2.45, 2.75) is 26.4 Å².